The van der Waals surface area contributed by atoms with E-state index in [1.165, 1.54) is 19.2 Å². The zero-order chi connectivity index (χ0) is 23.3. The third-order valence-electron chi connectivity index (χ3n) is 5.40. The number of amides is 1. The molecule has 3 heterocycles. The fourth-order valence-corrected chi connectivity index (χ4v) is 3.71. The number of likely N-dealkylation sites (N-methyl/N-ethyl adjacent to an activating group) is 1. The van der Waals surface area contributed by atoms with Gasteiger partial charge < -0.3 is 5.73 Å². The van der Waals surface area contributed by atoms with E-state index in [4.69, 9.17) is 5.73 Å². The molecule has 1 unspecified atom stereocenters. The molecule has 0 spiro atoms. The first-order chi connectivity index (χ1) is 15.1. The number of pyridine rings is 2. The van der Waals surface area contributed by atoms with Gasteiger partial charge in [-0.3, -0.25) is 19.7 Å². The summed E-state index contributed by atoms with van der Waals surface area (Å²) < 4.78 is 55.3. The zero-order valence-electron chi connectivity index (χ0n) is 17.0. The molecule has 0 saturated heterocycles. The SMILES string of the molecule is Cc1ncccc1-c1ccc(F)c(C2(c3cncc(C(F)(F)F)c3)N=C(N)N(C)C2=O)c1. The van der Waals surface area contributed by atoms with Crippen LogP contribution in [0.25, 0.3) is 11.1 Å². The van der Waals surface area contributed by atoms with Crippen molar-refractivity contribution in [3.63, 3.8) is 0 Å². The molecule has 4 rings (SSSR count). The number of aromatic nitrogens is 2. The van der Waals surface area contributed by atoms with Crippen molar-refractivity contribution in [2.45, 2.75) is 18.6 Å². The van der Waals surface area contributed by atoms with Crippen molar-refractivity contribution in [1.82, 2.24) is 14.9 Å². The van der Waals surface area contributed by atoms with Crippen molar-refractivity contribution >= 4 is 11.9 Å². The third kappa shape index (κ3) is 3.28. The molecule has 2 N–H and O–H groups in total. The number of rotatable bonds is 3. The minimum atomic E-state index is -4.72. The van der Waals surface area contributed by atoms with Gasteiger partial charge in [-0.1, -0.05) is 12.1 Å². The number of aryl methyl sites for hydroxylation is 1. The highest BCUT2D eigenvalue weighted by Gasteiger charge is 2.52. The van der Waals surface area contributed by atoms with Crippen molar-refractivity contribution in [3.8, 4) is 11.1 Å². The summed E-state index contributed by atoms with van der Waals surface area (Å²) in [6.07, 6.45) is -1.44. The number of nitrogens with zero attached hydrogens (tertiary/aromatic N) is 4. The van der Waals surface area contributed by atoms with E-state index in [1.807, 2.05) is 0 Å². The molecule has 0 fully saturated rings. The molecule has 1 amide bonds. The van der Waals surface area contributed by atoms with Gasteiger partial charge in [0.15, 0.2) is 11.5 Å². The number of carbonyl (C=O) groups is 1. The molecule has 1 atom stereocenters. The van der Waals surface area contributed by atoms with E-state index >= 15 is 4.39 Å². The number of alkyl halides is 3. The first kappa shape index (κ1) is 21.4. The first-order valence-electron chi connectivity index (χ1n) is 9.44. The molecule has 164 valence electrons. The number of aliphatic imine (C=N–C) groups is 1. The van der Waals surface area contributed by atoms with Crippen molar-refractivity contribution < 1.29 is 22.4 Å². The van der Waals surface area contributed by atoms with E-state index in [1.54, 1.807) is 25.3 Å². The van der Waals surface area contributed by atoms with Crippen LogP contribution in [0.4, 0.5) is 17.6 Å². The molecule has 2 aromatic heterocycles. The van der Waals surface area contributed by atoms with Crippen LogP contribution in [-0.2, 0) is 16.5 Å². The lowest BCUT2D eigenvalue weighted by Crippen LogP contribution is -2.41. The van der Waals surface area contributed by atoms with Gasteiger partial charge in [0.05, 0.1) is 5.56 Å². The average Bonchev–Trinajstić information content (AvgIpc) is 2.99. The number of hydrogen-bond donors (Lipinski definition) is 1. The summed E-state index contributed by atoms with van der Waals surface area (Å²) in [4.78, 5) is 26.3. The van der Waals surface area contributed by atoms with Crippen LogP contribution in [0.2, 0.25) is 0 Å². The van der Waals surface area contributed by atoms with Crippen LogP contribution in [0.5, 0.6) is 0 Å². The van der Waals surface area contributed by atoms with Crippen LogP contribution in [0, 0.1) is 12.7 Å². The van der Waals surface area contributed by atoms with Gasteiger partial charge in [-0.2, -0.15) is 13.2 Å². The molecule has 1 aliphatic rings. The monoisotopic (exact) mass is 443 g/mol. The van der Waals surface area contributed by atoms with Crippen molar-refractivity contribution in [3.05, 3.63) is 83.2 Å². The smallest absolute Gasteiger partial charge is 0.369 e. The Morgan fingerprint density at radius 3 is 2.50 bits per heavy atom. The molecule has 10 heteroatoms. The quantitative estimate of drug-likeness (QED) is 0.627. The second kappa shape index (κ2) is 7.40. The highest BCUT2D eigenvalue weighted by Crippen LogP contribution is 2.43. The standard InChI is InChI=1S/C22H17F4N5O/c1-12-16(4-3-7-29-12)13-5-6-18(23)17(8-13)21(19(32)31(2)20(27)30-21)14-9-15(11-28-10-14)22(24,25)26/h3-11H,1-2H3,(H2,27,30). The Hall–Kier alpha value is -3.82. The van der Waals surface area contributed by atoms with Gasteiger partial charge in [-0.15, -0.1) is 0 Å². The first-order valence-corrected chi connectivity index (χ1v) is 9.44. The zero-order valence-corrected chi connectivity index (χ0v) is 17.0. The number of hydrogen-bond acceptors (Lipinski definition) is 5. The summed E-state index contributed by atoms with van der Waals surface area (Å²) in [6.45, 7) is 1.76. The maximum Gasteiger partial charge on any atom is 0.417 e. The highest BCUT2D eigenvalue weighted by molar-refractivity contribution is 6.09. The lowest BCUT2D eigenvalue weighted by molar-refractivity contribution is -0.138. The molecule has 3 aromatic rings. The van der Waals surface area contributed by atoms with Crippen molar-refractivity contribution in [2.75, 3.05) is 7.05 Å². The minimum Gasteiger partial charge on any atom is -0.369 e. The maximum atomic E-state index is 15.2. The number of guanidine groups is 1. The number of carbonyl (C=O) groups excluding carboxylic acids is 1. The molecule has 0 radical (unpaired) electrons. The summed E-state index contributed by atoms with van der Waals surface area (Å²) in [5, 5.41) is 0. The molecule has 0 bridgehead atoms. The molecule has 0 aliphatic carbocycles. The van der Waals surface area contributed by atoms with Crippen LogP contribution in [-0.4, -0.2) is 33.8 Å². The van der Waals surface area contributed by atoms with Gasteiger partial charge in [-0.25, -0.2) is 9.38 Å². The molecule has 32 heavy (non-hydrogen) atoms. The van der Waals surface area contributed by atoms with Gasteiger partial charge in [0.2, 0.25) is 0 Å². The largest absolute Gasteiger partial charge is 0.417 e. The molecule has 6 nitrogen and oxygen atoms in total. The lowest BCUT2D eigenvalue weighted by Gasteiger charge is -2.27. The lowest BCUT2D eigenvalue weighted by atomic mass is 9.81. The van der Waals surface area contributed by atoms with E-state index in [0.29, 0.717) is 23.0 Å². The van der Waals surface area contributed by atoms with E-state index in [2.05, 4.69) is 15.0 Å². The van der Waals surface area contributed by atoms with Crippen molar-refractivity contribution in [1.29, 1.82) is 0 Å². The summed E-state index contributed by atoms with van der Waals surface area (Å²) in [5.74, 6) is -1.88. The maximum absolute atomic E-state index is 15.2. The number of nitrogens with two attached hydrogens (primary N) is 1. The van der Waals surface area contributed by atoms with Crippen LogP contribution in [0.3, 0.4) is 0 Å². The number of halogens is 4. The molecular formula is C22H17F4N5O. The Morgan fingerprint density at radius 1 is 1.12 bits per heavy atom. The van der Waals surface area contributed by atoms with Crippen LogP contribution < -0.4 is 5.73 Å². The Balaban J connectivity index is 2.02. The van der Waals surface area contributed by atoms with Crippen molar-refractivity contribution in [2.24, 2.45) is 10.7 Å². The summed E-state index contributed by atoms with van der Waals surface area (Å²) in [7, 11) is 1.32. The third-order valence-corrected chi connectivity index (χ3v) is 5.40. The summed E-state index contributed by atoms with van der Waals surface area (Å²) in [5.41, 5.74) is 3.94. The summed E-state index contributed by atoms with van der Waals surface area (Å²) >= 11 is 0. The van der Waals surface area contributed by atoms with Crippen LogP contribution in [0.1, 0.15) is 22.4 Å². The van der Waals surface area contributed by atoms with Gasteiger partial charge in [0.25, 0.3) is 5.91 Å². The normalized spacial score (nSPS) is 18.8. The van der Waals surface area contributed by atoms with E-state index in [0.717, 1.165) is 23.2 Å². The molecule has 1 aliphatic heterocycles. The number of benzene rings is 1. The topological polar surface area (TPSA) is 84.5 Å². The van der Waals surface area contributed by atoms with E-state index in [-0.39, 0.29) is 17.1 Å². The average molecular weight is 443 g/mol. The predicted molar refractivity (Wildman–Crippen MR) is 109 cm³/mol. The van der Waals surface area contributed by atoms with Gasteiger partial charge in [0.1, 0.15) is 5.82 Å². The van der Waals surface area contributed by atoms with Gasteiger partial charge >= 0.3 is 6.18 Å². The molecule has 1 aromatic carbocycles. The van der Waals surface area contributed by atoms with Crippen LogP contribution in [0.15, 0.2) is 60.0 Å². The molecule has 0 saturated carbocycles. The fraction of sp³-hybridized carbons (Fsp3) is 0.182. The minimum absolute atomic E-state index is 0.239. The van der Waals surface area contributed by atoms with E-state index < -0.39 is 29.0 Å². The second-order valence-electron chi connectivity index (χ2n) is 7.34. The fourth-order valence-electron chi connectivity index (χ4n) is 3.71. The Kier molecular flexibility index (Phi) is 4.95. The van der Waals surface area contributed by atoms with Crippen LogP contribution >= 0.6 is 0 Å². The Labute approximate surface area is 180 Å². The molecular weight excluding hydrogens is 426 g/mol. The second-order valence-corrected chi connectivity index (χ2v) is 7.34. The predicted octanol–water partition coefficient (Wildman–Crippen LogP) is 3.64. The highest BCUT2D eigenvalue weighted by atomic mass is 19.4. The van der Waals surface area contributed by atoms with Gasteiger partial charge in [-0.05, 0) is 36.8 Å². The Bertz CT molecular complexity index is 1260. The van der Waals surface area contributed by atoms with E-state index in [9.17, 15) is 18.0 Å². The summed E-state index contributed by atoms with van der Waals surface area (Å²) in [6, 6.07) is 8.21. The Morgan fingerprint density at radius 2 is 1.88 bits per heavy atom. The van der Waals surface area contributed by atoms with Gasteiger partial charge in [0, 0.05) is 48.0 Å².